The number of hydrogen-bond acceptors (Lipinski definition) is 7. The van der Waals surface area contributed by atoms with Gasteiger partial charge in [0.15, 0.2) is 15.0 Å². The third-order valence-corrected chi connectivity index (χ3v) is 6.94. The van der Waals surface area contributed by atoms with E-state index in [0.717, 1.165) is 6.26 Å². The van der Waals surface area contributed by atoms with Gasteiger partial charge in [0.25, 0.3) is 0 Å². The standard InChI is InChI=1S/C20H19N3O5S2/c1-28-14-5-3-13(4-6-14)23-11-12(9-18(23)24)19(25)22-20-21-16-8-7-15(30(2,26)27)10-17(16)29-20/h3-8,10,12H,9,11H2,1-2H3,(H,21,22,25)/t12-/m1/s1. The first-order valence-electron chi connectivity index (χ1n) is 9.10. The number of ether oxygens (including phenoxy) is 1. The van der Waals surface area contributed by atoms with Crippen LogP contribution < -0.4 is 15.0 Å². The van der Waals surface area contributed by atoms with Crippen LogP contribution in [0.5, 0.6) is 5.75 Å². The number of methoxy groups -OCH3 is 1. The summed E-state index contributed by atoms with van der Waals surface area (Å²) in [5, 5.41) is 3.13. The number of amides is 2. The first-order chi connectivity index (χ1) is 14.2. The van der Waals surface area contributed by atoms with Gasteiger partial charge >= 0.3 is 0 Å². The van der Waals surface area contributed by atoms with Crippen LogP contribution in [0, 0.1) is 5.92 Å². The number of thiazole rings is 1. The third kappa shape index (κ3) is 4.01. The van der Waals surface area contributed by atoms with E-state index >= 15 is 0 Å². The van der Waals surface area contributed by atoms with Gasteiger partial charge in [0, 0.05) is 24.9 Å². The van der Waals surface area contributed by atoms with E-state index in [4.69, 9.17) is 4.74 Å². The number of sulfone groups is 1. The Balaban J connectivity index is 1.48. The fourth-order valence-electron chi connectivity index (χ4n) is 3.29. The second-order valence-corrected chi connectivity index (χ2v) is 10.1. The smallest absolute Gasteiger partial charge is 0.231 e. The van der Waals surface area contributed by atoms with Crippen molar-refractivity contribution in [3.63, 3.8) is 0 Å². The molecule has 1 fully saturated rings. The zero-order valence-electron chi connectivity index (χ0n) is 16.3. The molecule has 2 amide bonds. The van der Waals surface area contributed by atoms with E-state index in [-0.39, 0.29) is 29.7 Å². The number of carbonyl (C=O) groups is 2. The summed E-state index contributed by atoms with van der Waals surface area (Å²) in [5.41, 5.74) is 1.31. The molecule has 3 aromatic rings. The number of nitrogens with zero attached hydrogens (tertiary/aromatic N) is 2. The van der Waals surface area contributed by atoms with Crippen molar-refractivity contribution in [2.24, 2.45) is 5.92 Å². The van der Waals surface area contributed by atoms with Crippen LogP contribution in [0.1, 0.15) is 6.42 Å². The van der Waals surface area contributed by atoms with Crippen molar-refractivity contribution in [3.05, 3.63) is 42.5 Å². The van der Waals surface area contributed by atoms with Crippen LogP contribution in [0.4, 0.5) is 10.8 Å². The first-order valence-corrected chi connectivity index (χ1v) is 11.8. The molecule has 8 nitrogen and oxygen atoms in total. The van der Waals surface area contributed by atoms with Gasteiger partial charge in [0.2, 0.25) is 11.8 Å². The number of nitrogens with one attached hydrogen (secondary N) is 1. The molecule has 0 saturated carbocycles. The number of aromatic nitrogens is 1. The Kier molecular flexibility index (Phi) is 5.20. The largest absolute Gasteiger partial charge is 0.497 e. The fraction of sp³-hybridized carbons (Fsp3) is 0.250. The van der Waals surface area contributed by atoms with Crippen molar-refractivity contribution in [1.82, 2.24) is 4.98 Å². The number of rotatable bonds is 5. The normalized spacial score (nSPS) is 16.8. The Labute approximate surface area is 177 Å². The van der Waals surface area contributed by atoms with Crippen molar-refractivity contribution in [3.8, 4) is 5.75 Å². The van der Waals surface area contributed by atoms with Crippen molar-refractivity contribution in [1.29, 1.82) is 0 Å². The van der Waals surface area contributed by atoms with Crippen LogP contribution in [-0.4, -0.2) is 45.1 Å². The molecule has 2 aromatic carbocycles. The average molecular weight is 446 g/mol. The van der Waals surface area contributed by atoms with Crippen molar-refractivity contribution in [2.45, 2.75) is 11.3 Å². The van der Waals surface area contributed by atoms with Crippen LogP contribution in [0.3, 0.4) is 0 Å². The predicted molar refractivity (Wildman–Crippen MR) is 115 cm³/mol. The highest BCUT2D eigenvalue weighted by Crippen LogP contribution is 2.30. The van der Waals surface area contributed by atoms with Crippen LogP contribution in [0.15, 0.2) is 47.4 Å². The topological polar surface area (TPSA) is 106 Å². The Morgan fingerprint density at radius 1 is 1.23 bits per heavy atom. The van der Waals surface area contributed by atoms with Crippen LogP contribution in [0.25, 0.3) is 10.2 Å². The van der Waals surface area contributed by atoms with Gasteiger partial charge in [0.05, 0.1) is 28.1 Å². The summed E-state index contributed by atoms with van der Waals surface area (Å²) in [6, 6.07) is 11.7. The highest BCUT2D eigenvalue weighted by molar-refractivity contribution is 7.90. The van der Waals surface area contributed by atoms with E-state index in [1.807, 2.05) is 0 Å². The highest BCUT2D eigenvalue weighted by Gasteiger charge is 2.35. The molecule has 10 heteroatoms. The number of fused-ring (bicyclic) bond motifs is 1. The summed E-state index contributed by atoms with van der Waals surface area (Å²) in [5.74, 6) is -0.225. The Bertz CT molecular complexity index is 1240. The predicted octanol–water partition coefficient (Wildman–Crippen LogP) is 2.70. The number of carbonyl (C=O) groups excluding carboxylic acids is 2. The van der Waals surface area contributed by atoms with E-state index in [2.05, 4.69) is 10.3 Å². The lowest BCUT2D eigenvalue weighted by Crippen LogP contribution is -2.28. The van der Waals surface area contributed by atoms with E-state index in [0.29, 0.717) is 26.8 Å². The van der Waals surface area contributed by atoms with E-state index in [1.165, 1.54) is 17.4 Å². The minimum atomic E-state index is -3.32. The molecule has 4 rings (SSSR count). The molecule has 156 valence electrons. The van der Waals surface area contributed by atoms with Gasteiger partial charge in [-0.05, 0) is 42.5 Å². The molecule has 0 radical (unpaired) electrons. The summed E-state index contributed by atoms with van der Waals surface area (Å²) in [6.45, 7) is 0.278. The van der Waals surface area contributed by atoms with Gasteiger partial charge < -0.3 is 15.0 Å². The minimum absolute atomic E-state index is 0.112. The maximum absolute atomic E-state index is 12.7. The Hall–Kier alpha value is -2.98. The van der Waals surface area contributed by atoms with Gasteiger partial charge in [-0.15, -0.1) is 0 Å². The summed E-state index contributed by atoms with van der Waals surface area (Å²) >= 11 is 1.20. The van der Waals surface area contributed by atoms with Crippen molar-refractivity contribution < 1.29 is 22.7 Å². The number of hydrogen-bond donors (Lipinski definition) is 1. The van der Waals surface area contributed by atoms with Crippen molar-refractivity contribution in [2.75, 3.05) is 30.1 Å². The molecule has 0 aliphatic carbocycles. The lowest BCUT2D eigenvalue weighted by Gasteiger charge is -2.16. The molecule has 1 aromatic heterocycles. The zero-order chi connectivity index (χ0) is 21.5. The average Bonchev–Trinajstić information content (AvgIpc) is 3.29. The maximum atomic E-state index is 12.7. The van der Waals surface area contributed by atoms with Gasteiger partial charge in [0.1, 0.15) is 5.75 Å². The van der Waals surface area contributed by atoms with E-state index in [9.17, 15) is 18.0 Å². The molecular weight excluding hydrogens is 426 g/mol. The lowest BCUT2D eigenvalue weighted by molar-refractivity contribution is -0.122. The molecule has 1 aliphatic rings. The van der Waals surface area contributed by atoms with Crippen LogP contribution in [-0.2, 0) is 19.4 Å². The first kappa shape index (κ1) is 20.3. The van der Waals surface area contributed by atoms with Crippen LogP contribution >= 0.6 is 11.3 Å². The number of benzene rings is 2. The van der Waals surface area contributed by atoms with Crippen LogP contribution in [0.2, 0.25) is 0 Å². The quantitative estimate of drug-likeness (QED) is 0.647. The Morgan fingerprint density at radius 3 is 2.63 bits per heavy atom. The molecule has 0 spiro atoms. The SMILES string of the molecule is COc1ccc(N2C[C@H](C(=O)Nc3nc4ccc(S(C)(=O)=O)cc4s3)CC2=O)cc1. The highest BCUT2D eigenvalue weighted by atomic mass is 32.2. The molecule has 2 heterocycles. The number of anilines is 2. The molecular formula is C20H19N3O5S2. The second kappa shape index (κ2) is 7.69. The van der Waals surface area contributed by atoms with Crippen molar-refractivity contribution >= 4 is 54.0 Å². The fourth-order valence-corrected chi connectivity index (χ4v) is 4.92. The Morgan fingerprint density at radius 2 is 1.97 bits per heavy atom. The molecule has 1 N–H and O–H groups in total. The summed E-state index contributed by atoms with van der Waals surface area (Å²) in [6.07, 6.45) is 1.25. The molecule has 0 bridgehead atoms. The maximum Gasteiger partial charge on any atom is 0.231 e. The van der Waals surface area contributed by atoms with Gasteiger partial charge in [-0.2, -0.15) is 0 Å². The lowest BCUT2D eigenvalue weighted by atomic mass is 10.1. The molecule has 30 heavy (non-hydrogen) atoms. The second-order valence-electron chi connectivity index (χ2n) is 7.01. The summed E-state index contributed by atoms with van der Waals surface area (Å²) < 4.78 is 29.2. The van der Waals surface area contributed by atoms with Gasteiger partial charge in [-0.3, -0.25) is 9.59 Å². The summed E-state index contributed by atoms with van der Waals surface area (Å²) in [4.78, 5) is 31.2. The molecule has 1 saturated heterocycles. The monoisotopic (exact) mass is 445 g/mol. The van der Waals surface area contributed by atoms with Gasteiger partial charge in [-0.1, -0.05) is 11.3 Å². The molecule has 1 aliphatic heterocycles. The molecule has 0 unspecified atom stereocenters. The van der Waals surface area contributed by atoms with Gasteiger partial charge in [-0.25, -0.2) is 13.4 Å². The van der Waals surface area contributed by atoms with E-state index in [1.54, 1.807) is 48.4 Å². The van der Waals surface area contributed by atoms with E-state index < -0.39 is 15.8 Å². The minimum Gasteiger partial charge on any atom is -0.497 e. The summed E-state index contributed by atoms with van der Waals surface area (Å²) in [7, 11) is -1.75. The third-order valence-electron chi connectivity index (χ3n) is 4.90. The zero-order valence-corrected chi connectivity index (χ0v) is 17.9. The molecule has 1 atom stereocenters.